The van der Waals surface area contributed by atoms with Gasteiger partial charge in [-0.05, 0) is 35.9 Å². The number of sulfonamides is 1. The van der Waals surface area contributed by atoms with Crippen molar-refractivity contribution in [3.63, 3.8) is 0 Å². The van der Waals surface area contributed by atoms with Crippen LogP contribution in [-0.4, -0.2) is 21.6 Å². The molecule has 2 rings (SSSR count). The van der Waals surface area contributed by atoms with E-state index >= 15 is 0 Å². The normalized spacial score (nSPS) is 12.2. The number of alkyl halides is 6. The zero-order chi connectivity index (χ0) is 22.4. The summed E-state index contributed by atoms with van der Waals surface area (Å²) in [6.45, 7) is -0.559. The highest BCUT2D eigenvalue weighted by atomic mass is 32.2. The van der Waals surface area contributed by atoms with Gasteiger partial charge in [-0.3, -0.25) is 0 Å². The van der Waals surface area contributed by atoms with E-state index in [1.807, 2.05) is 0 Å². The molecule has 0 aromatic heterocycles. The number of halogens is 6. The second kappa shape index (κ2) is 9.40. The first-order chi connectivity index (χ1) is 13.9. The Morgan fingerprint density at radius 3 is 2.10 bits per heavy atom. The van der Waals surface area contributed by atoms with E-state index in [0.29, 0.717) is 0 Å². The first kappa shape index (κ1) is 23.6. The maximum absolute atomic E-state index is 12.6. The molecule has 2 aromatic rings. The quantitative estimate of drug-likeness (QED) is 0.529. The molecule has 0 saturated carbocycles. The molecule has 0 unspecified atom stereocenters. The zero-order valence-corrected chi connectivity index (χ0v) is 16.0. The van der Waals surface area contributed by atoms with Gasteiger partial charge in [0.1, 0.15) is 12.4 Å². The summed E-state index contributed by atoms with van der Waals surface area (Å²) in [6.07, 6.45) is -9.02. The number of hydrogen-bond donors (Lipinski definition) is 1. The van der Waals surface area contributed by atoms with Crippen molar-refractivity contribution in [2.75, 3.05) is 13.2 Å². The molecular formula is C19H15F6NO3S. The molecular weight excluding hydrogens is 436 g/mol. The van der Waals surface area contributed by atoms with Gasteiger partial charge in [-0.2, -0.15) is 26.3 Å². The Morgan fingerprint density at radius 2 is 1.50 bits per heavy atom. The van der Waals surface area contributed by atoms with Crippen molar-refractivity contribution in [1.82, 2.24) is 4.72 Å². The summed E-state index contributed by atoms with van der Waals surface area (Å²) >= 11 is 0. The van der Waals surface area contributed by atoms with E-state index in [1.165, 1.54) is 12.1 Å². The van der Waals surface area contributed by atoms with Gasteiger partial charge >= 0.3 is 12.4 Å². The van der Waals surface area contributed by atoms with Gasteiger partial charge in [0.2, 0.25) is 10.0 Å². The third kappa shape index (κ3) is 7.61. The van der Waals surface area contributed by atoms with Crippen LogP contribution in [0.5, 0.6) is 5.75 Å². The highest BCUT2D eigenvalue weighted by Gasteiger charge is 2.31. The van der Waals surface area contributed by atoms with Crippen LogP contribution in [0.15, 0.2) is 48.5 Å². The van der Waals surface area contributed by atoms with Crippen LogP contribution in [0.2, 0.25) is 0 Å². The van der Waals surface area contributed by atoms with E-state index in [1.54, 1.807) is 0 Å². The highest BCUT2D eigenvalue weighted by Crippen LogP contribution is 2.31. The van der Waals surface area contributed by atoms with Crippen LogP contribution in [-0.2, 0) is 28.1 Å². The average molecular weight is 451 g/mol. The van der Waals surface area contributed by atoms with Crippen LogP contribution in [0.25, 0.3) is 0 Å². The van der Waals surface area contributed by atoms with Gasteiger partial charge in [-0.25, -0.2) is 13.1 Å². The predicted octanol–water partition coefficient (Wildman–Crippen LogP) is 4.23. The fraction of sp³-hybridized carbons (Fsp3) is 0.263. The Balaban J connectivity index is 1.82. The van der Waals surface area contributed by atoms with Crippen molar-refractivity contribution in [3.05, 3.63) is 65.2 Å². The Labute approximate surface area is 168 Å². The average Bonchev–Trinajstić information content (AvgIpc) is 2.63. The van der Waals surface area contributed by atoms with E-state index in [2.05, 4.69) is 16.6 Å². The topological polar surface area (TPSA) is 55.4 Å². The molecule has 0 atom stereocenters. The van der Waals surface area contributed by atoms with Gasteiger partial charge < -0.3 is 4.74 Å². The molecule has 0 heterocycles. The lowest BCUT2D eigenvalue weighted by atomic mass is 10.1. The van der Waals surface area contributed by atoms with E-state index in [0.717, 1.165) is 36.4 Å². The molecule has 1 N–H and O–H groups in total. The van der Waals surface area contributed by atoms with Gasteiger partial charge in [-0.15, -0.1) is 0 Å². The van der Waals surface area contributed by atoms with E-state index in [-0.39, 0.29) is 24.5 Å². The lowest BCUT2D eigenvalue weighted by Crippen LogP contribution is -2.25. The third-order valence-corrected chi connectivity index (χ3v) is 4.91. The molecule has 30 heavy (non-hydrogen) atoms. The smallest absolute Gasteiger partial charge is 0.416 e. The molecule has 162 valence electrons. The fourth-order valence-corrected chi connectivity index (χ4v) is 3.23. The molecule has 0 fully saturated rings. The minimum Gasteiger partial charge on any atom is -0.481 e. The van der Waals surface area contributed by atoms with E-state index < -0.39 is 39.3 Å². The maximum atomic E-state index is 12.6. The summed E-state index contributed by atoms with van der Waals surface area (Å²) in [4.78, 5) is 0. The number of ether oxygens (including phenoxy) is 1. The first-order valence-electron chi connectivity index (χ1n) is 8.26. The van der Waals surface area contributed by atoms with E-state index in [4.69, 9.17) is 4.74 Å². The van der Waals surface area contributed by atoms with Gasteiger partial charge in [0.15, 0.2) is 0 Å². The van der Waals surface area contributed by atoms with Crippen molar-refractivity contribution in [1.29, 1.82) is 0 Å². The van der Waals surface area contributed by atoms with Crippen LogP contribution in [0, 0.1) is 11.8 Å². The predicted molar refractivity (Wildman–Crippen MR) is 96.8 cm³/mol. The molecule has 4 nitrogen and oxygen atoms in total. The number of nitrogens with one attached hydrogen (secondary N) is 1. The standard InChI is InChI=1S/C19H15F6NO3S/c20-18(21,22)15-8-6-14(7-9-15)13-30(27,28)26-10-1-2-11-29-17-5-3-4-16(12-17)19(23,24)25/h3-9,12,26H,10-11,13H2. The Bertz CT molecular complexity index is 1020. The molecule has 0 aliphatic carbocycles. The van der Waals surface area contributed by atoms with Gasteiger partial charge in [0, 0.05) is 0 Å². The second-order valence-electron chi connectivity index (χ2n) is 5.94. The van der Waals surface area contributed by atoms with Crippen molar-refractivity contribution < 1.29 is 39.5 Å². The third-order valence-electron chi connectivity index (χ3n) is 3.62. The fourth-order valence-electron chi connectivity index (χ4n) is 2.20. The van der Waals surface area contributed by atoms with Gasteiger partial charge in [0.05, 0.1) is 23.4 Å². The lowest BCUT2D eigenvalue weighted by Gasteiger charge is -2.08. The summed E-state index contributed by atoms with van der Waals surface area (Å²) in [5.74, 6) is 4.31. The van der Waals surface area contributed by atoms with Crippen LogP contribution < -0.4 is 9.46 Å². The molecule has 0 aliphatic heterocycles. The van der Waals surface area contributed by atoms with Crippen LogP contribution >= 0.6 is 0 Å². The summed E-state index contributed by atoms with van der Waals surface area (Å²) < 4.78 is 106. The number of benzene rings is 2. The first-order valence-corrected chi connectivity index (χ1v) is 9.91. The Hall–Kier alpha value is -2.71. The molecule has 2 aromatic carbocycles. The van der Waals surface area contributed by atoms with Crippen molar-refractivity contribution in [2.45, 2.75) is 18.1 Å². The molecule has 0 spiro atoms. The zero-order valence-electron chi connectivity index (χ0n) is 15.1. The lowest BCUT2D eigenvalue weighted by molar-refractivity contribution is -0.138. The summed E-state index contributed by atoms with van der Waals surface area (Å²) in [5.41, 5.74) is -1.59. The molecule has 0 bridgehead atoms. The Morgan fingerprint density at radius 1 is 0.867 bits per heavy atom. The minimum absolute atomic E-state index is 0.0398. The number of rotatable bonds is 6. The number of hydrogen-bond acceptors (Lipinski definition) is 3. The van der Waals surface area contributed by atoms with Gasteiger partial charge in [0.25, 0.3) is 0 Å². The maximum Gasteiger partial charge on any atom is 0.416 e. The van der Waals surface area contributed by atoms with Crippen molar-refractivity contribution >= 4 is 10.0 Å². The molecule has 0 radical (unpaired) electrons. The van der Waals surface area contributed by atoms with Gasteiger partial charge in [-0.1, -0.05) is 30.0 Å². The monoisotopic (exact) mass is 451 g/mol. The van der Waals surface area contributed by atoms with Crippen LogP contribution in [0.3, 0.4) is 0 Å². The van der Waals surface area contributed by atoms with E-state index in [9.17, 15) is 34.8 Å². The minimum atomic E-state index is -4.51. The SMILES string of the molecule is O=S(=O)(Cc1ccc(C(F)(F)F)cc1)NCC#CCOc1cccc(C(F)(F)F)c1. The summed E-state index contributed by atoms with van der Waals surface area (Å²) in [6, 6.07) is 7.92. The highest BCUT2D eigenvalue weighted by molar-refractivity contribution is 7.88. The summed E-state index contributed by atoms with van der Waals surface area (Å²) in [7, 11) is -3.84. The van der Waals surface area contributed by atoms with Crippen molar-refractivity contribution in [3.8, 4) is 17.6 Å². The Kier molecular flexibility index (Phi) is 7.39. The summed E-state index contributed by atoms with van der Waals surface area (Å²) in [5, 5.41) is 0. The molecule has 0 amide bonds. The second-order valence-corrected chi connectivity index (χ2v) is 7.75. The molecule has 0 aliphatic rings. The molecule has 11 heteroatoms. The largest absolute Gasteiger partial charge is 0.481 e. The van der Waals surface area contributed by atoms with Crippen LogP contribution in [0.1, 0.15) is 16.7 Å². The molecule has 0 saturated heterocycles. The van der Waals surface area contributed by atoms with Crippen molar-refractivity contribution in [2.24, 2.45) is 0 Å². The van der Waals surface area contributed by atoms with Crippen LogP contribution in [0.4, 0.5) is 26.3 Å².